The van der Waals surface area contributed by atoms with E-state index in [0.717, 1.165) is 31.0 Å². The van der Waals surface area contributed by atoms with Crippen LogP contribution in [0.2, 0.25) is 0 Å². The maximum atomic E-state index is 5.26. The number of aliphatic imine (C=N–C) groups is 1. The van der Waals surface area contributed by atoms with Crippen molar-refractivity contribution in [3.05, 3.63) is 23.9 Å². The minimum absolute atomic E-state index is 0.570. The Morgan fingerprint density at radius 1 is 1.25 bits per heavy atom. The SMILES string of the molecule is CN=C(NCCCN(C(C)C)C(C)C)NCc1cccnc1OC. The summed E-state index contributed by atoms with van der Waals surface area (Å²) in [7, 11) is 3.42. The highest BCUT2D eigenvalue weighted by atomic mass is 16.5. The Hall–Kier alpha value is -1.82. The smallest absolute Gasteiger partial charge is 0.218 e. The second-order valence-corrected chi connectivity index (χ2v) is 6.30. The van der Waals surface area contributed by atoms with Crippen molar-refractivity contribution in [1.29, 1.82) is 0 Å². The highest BCUT2D eigenvalue weighted by Gasteiger charge is 2.12. The summed E-state index contributed by atoms with van der Waals surface area (Å²) < 4.78 is 5.26. The van der Waals surface area contributed by atoms with Crippen LogP contribution in [-0.4, -0.2) is 55.2 Å². The van der Waals surface area contributed by atoms with Gasteiger partial charge in [-0.2, -0.15) is 0 Å². The van der Waals surface area contributed by atoms with Gasteiger partial charge in [0.25, 0.3) is 0 Å². The Labute approximate surface area is 146 Å². The molecule has 136 valence electrons. The highest BCUT2D eigenvalue weighted by molar-refractivity contribution is 5.79. The lowest BCUT2D eigenvalue weighted by molar-refractivity contribution is 0.173. The largest absolute Gasteiger partial charge is 0.481 e. The molecule has 0 aromatic carbocycles. The first-order valence-corrected chi connectivity index (χ1v) is 8.67. The fourth-order valence-electron chi connectivity index (χ4n) is 2.72. The molecule has 24 heavy (non-hydrogen) atoms. The Morgan fingerprint density at radius 3 is 2.54 bits per heavy atom. The average Bonchev–Trinajstić information content (AvgIpc) is 2.56. The molecule has 6 nitrogen and oxygen atoms in total. The predicted octanol–water partition coefficient (Wildman–Crippen LogP) is 2.26. The van der Waals surface area contributed by atoms with E-state index >= 15 is 0 Å². The van der Waals surface area contributed by atoms with Gasteiger partial charge < -0.3 is 15.4 Å². The Bertz CT molecular complexity index is 494. The molecule has 0 saturated carbocycles. The normalized spacial score (nSPS) is 12.1. The second-order valence-electron chi connectivity index (χ2n) is 6.30. The van der Waals surface area contributed by atoms with E-state index in [4.69, 9.17) is 4.74 Å². The summed E-state index contributed by atoms with van der Waals surface area (Å²) in [5.74, 6) is 1.44. The van der Waals surface area contributed by atoms with Gasteiger partial charge in [-0.05, 0) is 40.2 Å². The Kier molecular flexibility index (Phi) is 9.15. The zero-order chi connectivity index (χ0) is 17.9. The summed E-state index contributed by atoms with van der Waals surface area (Å²) in [6, 6.07) is 5.04. The molecule has 0 atom stereocenters. The van der Waals surface area contributed by atoms with E-state index in [1.54, 1.807) is 20.4 Å². The number of methoxy groups -OCH3 is 1. The summed E-state index contributed by atoms with van der Waals surface area (Å²) in [6.45, 7) is 11.6. The van der Waals surface area contributed by atoms with E-state index in [-0.39, 0.29) is 0 Å². The molecular weight excluding hydrogens is 302 g/mol. The first-order chi connectivity index (χ1) is 11.5. The summed E-state index contributed by atoms with van der Waals surface area (Å²) >= 11 is 0. The van der Waals surface area contributed by atoms with Crippen molar-refractivity contribution < 1.29 is 4.74 Å². The van der Waals surface area contributed by atoms with Crippen LogP contribution in [0.4, 0.5) is 0 Å². The van der Waals surface area contributed by atoms with Gasteiger partial charge in [-0.25, -0.2) is 4.98 Å². The molecule has 0 bridgehead atoms. The molecule has 0 fully saturated rings. The van der Waals surface area contributed by atoms with Gasteiger partial charge in [0.15, 0.2) is 5.96 Å². The van der Waals surface area contributed by atoms with Crippen molar-refractivity contribution in [3.63, 3.8) is 0 Å². The molecule has 0 unspecified atom stereocenters. The molecule has 1 heterocycles. The quantitative estimate of drug-likeness (QED) is 0.412. The Morgan fingerprint density at radius 2 is 1.96 bits per heavy atom. The van der Waals surface area contributed by atoms with Crippen LogP contribution in [0.15, 0.2) is 23.3 Å². The number of nitrogens with one attached hydrogen (secondary N) is 2. The predicted molar refractivity (Wildman–Crippen MR) is 101 cm³/mol. The Balaban J connectivity index is 2.38. The number of hydrogen-bond donors (Lipinski definition) is 2. The van der Waals surface area contributed by atoms with E-state index in [2.05, 4.69) is 53.2 Å². The van der Waals surface area contributed by atoms with Crippen LogP contribution in [0.5, 0.6) is 5.88 Å². The van der Waals surface area contributed by atoms with Gasteiger partial charge >= 0.3 is 0 Å². The number of hydrogen-bond acceptors (Lipinski definition) is 4. The third-order valence-corrected chi connectivity index (χ3v) is 3.93. The molecule has 0 aliphatic heterocycles. The van der Waals surface area contributed by atoms with Crippen molar-refractivity contribution >= 4 is 5.96 Å². The number of pyridine rings is 1. The zero-order valence-corrected chi connectivity index (χ0v) is 16.0. The number of aromatic nitrogens is 1. The molecule has 0 spiro atoms. The molecule has 1 aromatic heterocycles. The number of rotatable bonds is 9. The van der Waals surface area contributed by atoms with Crippen LogP contribution in [0.25, 0.3) is 0 Å². The molecule has 1 rings (SSSR count). The molecule has 0 saturated heterocycles. The van der Waals surface area contributed by atoms with Crippen LogP contribution < -0.4 is 15.4 Å². The minimum atomic E-state index is 0.570. The molecule has 0 amide bonds. The van der Waals surface area contributed by atoms with Crippen LogP contribution in [0, 0.1) is 0 Å². The van der Waals surface area contributed by atoms with Crippen molar-refractivity contribution in [2.75, 3.05) is 27.2 Å². The third-order valence-electron chi connectivity index (χ3n) is 3.93. The molecular formula is C18H33N5O. The van der Waals surface area contributed by atoms with Gasteiger partial charge in [0.1, 0.15) is 0 Å². The standard InChI is InChI=1S/C18H33N5O/c1-14(2)23(15(3)4)12-8-11-21-18(19-5)22-13-16-9-7-10-20-17(16)24-6/h7,9-10,14-15H,8,11-13H2,1-6H3,(H2,19,21,22). The van der Waals surface area contributed by atoms with E-state index in [1.807, 2.05) is 12.1 Å². The third kappa shape index (κ3) is 6.74. The first-order valence-electron chi connectivity index (χ1n) is 8.67. The van der Waals surface area contributed by atoms with E-state index in [1.165, 1.54) is 0 Å². The van der Waals surface area contributed by atoms with Gasteiger partial charge in [0, 0.05) is 50.5 Å². The van der Waals surface area contributed by atoms with Crippen molar-refractivity contribution in [1.82, 2.24) is 20.5 Å². The zero-order valence-electron chi connectivity index (χ0n) is 16.0. The number of ether oxygens (including phenoxy) is 1. The molecule has 0 radical (unpaired) electrons. The minimum Gasteiger partial charge on any atom is -0.481 e. The van der Waals surface area contributed by atoms with Gasteiger partial charge in [0.05, 0.1) is 7.11 Å². The molecule has 0 aliphatic rings. The highest BCUT2D eigenvalue weighted by Crippen LogP contribution is 2.12. The first kappa shape index (κ1) is 20.2. The second kappa shape index (κ2) is 10.9. The van der Waals surface area contributed by atoms with Gasteiger partial charge in [-0.3, -0.25) is 9.89 Å². The van der Waals surface area contributed by atoms with Crippen LogP contribution in [-0.2, 0) is 6.54 Å². The maximum absolute atomic E-state index is 5.26. The lowest BCUT2D eigenvalue weighted by Crippen LogP contribution is -2.41. The van der Waals surface area contributed by atoms with Crippen LogP contribution in [0.1, 0.15) is 39.7 Å². The fourth-order valence-corrected chi connectivity index (χ4v) is 2.72. The van der Waals surface area contributed by atoms with E-state index < -0.39 is 0 Å². The van der Waals surface area contributed by atoms with Gasteiger partial charge in [-0.1, -0.05) is 6.07 Å². The lowest BCUT2D eigenvalue weighted by atomic mass is 10.2. The van der Waals surface area contributed by atoms with Crippen molar-refractivity contribution in [2.24, 2.45) is 4.99 Å². The van der Waals surface area contributed by atoms with Gasteiger partial charge in [0.2, 0.25) is 5.88 Å². The van der Waals surface area contributed by atoms with Gasteiger partial charge in [-0.15, -0.1) is 0 Å². The van der Waals surface area contributed by atoms with E-state index in [9.17, 15) is 0 Å². The molecule has 0 aliphatic carbocycles. The van der Waals surface area contributed by atoms with E-state index in [0.29, 0.717) is 24.5 Å². The molecule has 2 N–H and O–H groups in total. The average molecular weight is 335 g/mol. The van der Waals surface area contributed by atoms with Crippen molar-refractivity contribution in [3.8, 4) is 5.88 Å². The van der Waals surface area contributed by atoms with Crippen molar-refractivity contribution in [2.45, 2.75) is 52.7 Å². The number of guanidine groups is 1. The topological polar surface area (TPSA) is 61.8 Å². The summed E-state index contributed by atoms with van der Waals surface area (Å²) in [6.07, 6.45) is 2.80. The number of nitrogens with zero attached hydrogens (tertiary/aromatic N) is 3. The maximum Gasteiger partial charge on any atom is 0.218 e. The fraction of sp³-hybridized carbons (Fsp3) is 0.667. The molecule has 6 heteroatoms. The summed E-state index contributed by atoms with van der Waals surface area (Å²) in [5, 5.41) is 6.66. The van der Waals surface area contributed by atoms with Crippen LogP contribution >= 0.6 is 0 Å². The lowest BCUT2D eigenvalue weighted by Gasteiger charge is -2.30. The molecule has 1 aromatic rings. The van der Waals surface area contributed by atoms with Crippen LogP contribution in [0.3, 0.4) is 0 Å². The monoisotopic (exact) mass is 335 g/mol. The summed E-state index contributed by atoms with van der Waals surface area (Å²) in [5.41, 5.74) is 1.01. The summed E-state index contributed by atoms with van der Waals surface area (Å²) in [4.78, 5) is 11.0.